The topological polar surface area (TPSA) is 24.1 Å². The lowest BCUT2D eigenvalue weighted by Crippen LogP contribution is -2.39. The van der Waals surface area contributed by atoms with Crippen LogP contribution in [0.4, 0.5) is 5.69 Å². The summed E-state index contributed by atoms with van der Waals surface area (Å²) < 4.78 is 0. The SMILES string of the molecule is CC(C)c1cccc(C(C)C)c1NC(=S)NC1CCCCC1. The maximum absolute atomic E-state index is 5.59. The molecular formula is C19H30N2S. The van der Waals surface area contributed by atoms with Gasteiger partial charge in [-0.05, 0) is 48.0 Å². The minimum absolute atomic E-state index is 0.485. The van der Waals surface area contributed by atoms with Crippen molar-refractivity contribution in [2.24, 2.45) is 0 Å². The van der Waals surface area contributed by atoms with E-state index in [-0.39, 0.29) is 0 Å². The van der Waals surface area contributed by atoms with Crippen molar-refractivity contribution < 1.29 is 0 Å². The number of anilines is 1. The van der Waals surface area contributed by atoms with Gasteiger partial charge in [0.25, 0.3) is 0 Å². The van der Waals surface area contributed by atoms with Gasteiger partial charge in [-0.15, -0.1) is 0 Å². The molecular weight excluding hydrogens is 288 g/mol. The van der Waals surface area contributed by atoms with Crippen molar-refractivity contribution >= 4 is 23.0 Å². The highest BCUT2D eigenvalue weighted by molar-refractivity contribution is 7.80. The number of hydrogen-bond donors (Lipinski definition) is 2. The van der Waals surface area contributed by atoms with Crippen molar-refractivity contribution in [2.75, 3.05) is 5.32 Å². The van der Waals surface area contributed by atoms with Crippen LogP contribution < -0.4 is 10.6 Å². The molecule has 0 atom stereocenters. The second-order valence-corrected chi connectivity index (χ2v) is 7.46. The van der Waals surface area contributed by atoms with Crippen molar-refractivity contribution in [3.05, 3.63) is 29.3 Å². The van der Waals surface area contributed by atoms with Gasteiger partial charge in [-0.3, -0.25) is 0 Å². The van der Waals surface area contributed by atoms with Crippen LogP contribution >= 0.6 is 12.2 Å². The lowest BCUT2D eigenvalue weighted by molar-refractivity contribution is 0.415. The largest absolute Gasteiger partial charge is 0.360 e. The monoisotopic (exact) mass is 318 g/mol. The molecule has 1 aliphatic carbocycles. The summed E-state index contributed by atoms with van der Waals surface area (Å²) in [5.41, 5.74) is 3.90. The lowest BCUT2D eigenvalue weighted by Gasteiger charge is -2.26. The first-order chi connectivity index (χ1) is 10.5. The van der Waals surface area contributed by atoms with E-state index in [0.717, 1.165) is 5.11 Å². The molecule has 2 N–H and O–H groups in total. The zero-order valence-electron chi connectivity index (χ0n) is 14.4. The van der Waals surface area contributed by atoms with Gasteiger partial charge in [0.1, 0.15) is 0 Å². The Hall–Kier alpha value is -1.09. The maximum atomic E-state index is 5.59. The summed E-state index contributed by atoms with van der Waals surface area (Å²) >= 11 is 5.59. The smallest absolute Gasteiger partial charge is 0.171 e. The van der Waals surface area contributed by atoms with Gasteiger partial charge in [-0.1, -0.05) is 65.2 Å². The average Bonchev–Trinajstić information content (AvgIpc) is 2.47. The molecule has 22 heavy (non-hydrogen) atoms. The molecule has 1 saturated carbocycles. The third-order valence-electron chi connectivity index (χ3n) is 4.55. The Labute approximate surface area is 141 Å². The van der Waals surface area contributed by atoms with Crippen LogP contribution in [0, 0.1) is 0 Å². The van der Waals surface area contributed by atoms with Gasteiger partial charge in [0, 0.05) is 11.7 Å². The second-order valence-electron chi connectivity index (χ2n) is 7.05. The van der Waals surface area contributed by atoms with Gasteiger partial charge in [0.2, 0.25) is 0 Å². The summed E-state index contributed by atoms with van der Waals surface area (Å²) in [5.74, 6) is 0.970. The maximum Gasteiger partial charge on any atom is 0.171 e. The van der Waals surface area contributed by atoms with Gasteiger partial charge in [0.15, 0.2) is 5.11 Å². The quantitative estimate of drug-likeness (QED) is 0.711. The van der Waals surface area contributed by atoms with E-state index in [9.17, 15) is 0 Å². The highest BCUT2D eigenvalue weighted by Crippen LogP contribution is 2.32. The summed E-state index contributed by atoms with van der Waals surface area (Å²) in [7, 11) is 0. The van der Waals surface area contributed by atoms with E-state index >= 15 is 0 Å². The van der Waals surface area contributed by atoms with E-state index < -0.39 is 0 Å². The summed E-state index contributed by atoms with van der Waals surface area (Å²) in [6.45, 7) is 8.95. The van der Waals surface area contributed by atoms with Crippen molar-refractivity contribution in [1.82, 2.24) is 5.32 Å². The molecule has 1 fully saturated rings. The minimum atomic E-state index is 0.485. The van der Waals surface area contributed by atoms with Gasteiger partial charge < -0.3 is 10.6 Å². The van der Waals surface area contributed by atoms with Crippen LogP contribution in [0.15, 0.2) is 18.2 Å². The molecule has 1 aromatic rings. The Morgan fingerprint density at radius 3 is 2.05 bits per heavy atom. The number of hydrogen-bond acceptors (Lipinski definition) is 1. The van der Waals surface area contributed by atoms with E-state index in [1.807, 2.05) is 0 Å². The van der Waals surface area contributed by atoms with E-state index in [2.05, 4.69) is 56.5 Å². The van der Waals surface area contributed by atoms with E-state index in [1.54, 1.807) is 0 Å². The highest BCUT2D eigenvalue weighted by atomic mass is 32.1. The van der Waals surface area contributed by atoms with Crippen molar-refractivity contribution in [2.45, 2.75) is 77.7 Å². The molecule has 0 bridgehead atoms. The van der Waals surface area contributed by atoms with Crippen molar-refractivity contribution in [1.29, 1.82) is 0 Å². The van der Waals surface area contributed by atoms with Gasteiger partial charge in [-0.2, -0.15) is 0 Å². The minimum Gasteiger partial charge on any atom is -0.360 e. The molecule has 1 aliphatic rings. The highest BCUT2D eigenvalue weighted by Gasteiger charge is 2.17. The van der Waals surface area contributed by atoms with E-state index in [4.69, 9.17) is 12.2 Å². The van der Waals surface area contributed by atoms with Crippen LogP contribution in [-0.4, -0.2) is 11.2 Å². The molecule has 0 heterocycles. The molecule has 0 aliphatic heterocycles. The molecule has 122 valence electrons. The lowest BCUT2D eigenvalue weighted by atomic mass is 9.92. The molecule has 0 aromatic heterocycles. The number of thiocarbonyl (C=S) groups is 1. The van der Waals surface area contributed by atoms with Crippen LogP contribution in [0.3, 0.4) is 0 Å². The van der Waals surface area contributed by atoms with Crippen molar-refractivity contribution in [3.8, 4) is 0 Å². The molecule has 2 nitrogen and oxygen atoms in total. The van der Waals surface area contributed by atoms with Crippen LogP contribution in [0.25, 0.3) is 0 Å². The molecule has 0 saturated heterocycles. The predicted molar refractivity (Wildman–Crippen MR) is 101 cm³/mol. The number of rotatable bonds is 4. The van der Waals surface area contributed by atoms with Gasteiger partial charge in [-0.25, -0.2) is 0 Å². The molecule has 0 spiro atoms. The summed E-state index contributed by atoms with van der Waals surface area (Å²) in [6, 6.07) is 7.12. The first-order valence-electron chi connectivity index (χ1n) is 8.69. The Morgan fingerprint density at radius 2 is 1.55 bits per heavy atom. The molecule has 3 heteroatoms. The van der Waals surface area contributed by atoms with Gasteiger partial charge in [0.05, 0.1) is 0 Å². The Morgan fingerprint density at radius 1 is 1.00 bits per heavy atom. The standard InChI is InChI=1S/C19H30N2S/c1-13(2)16-11-8-12-17(14(3)4)18(16)21-19(22)20-15-9-6-5-7-10-15/h8,11-15H,5-7,9-10H2,1-4H3,(H2,20,21,22). The fourth-order valence-corrected chi connectivity index (χ4v) is 3.55. The number of para-hydroxylation sites is 1. The summed E-state index contributed by atoms with van der Waals surface area (Å²) in [6.07, 6.45) is 6.49. The third-order valence-corrected chi connectivity index (χ3v) is 4.77. The zero-order chi connectivity index (χ0) is 16.1. The first-order valence-corrected chi connectivity index (χ1v) is 9.10. The zero-order valence-corrected chi connectivity index (χ0v) is 15.2. The molecule has 0 amide bonds. The van der Waals surface area contributed by atoms with E-state index in [0.29, 0.717) is 17.9 Å². The van der Waals surface area contributed by atoms with Crippen LogP contribution in [0.1, 0.15) is 82.8 Å². The van der Waals surface area contributed by atoms with Crippen LogP contribution in [0.5, 0.6) is 0 Å². The first kappa shape index (κ1) is 17.3. The molecule has 2 rings (SSSR count). The Balaban J connectivity index is 2.14. The number of nitrogens with one attached hydrogen (secondary N) is 2. The predicted octanol–water partition coefficient (Wildman–Crippen LogP) is 5.55. The molecule has 0 radical (unpaired) electrons. The van der Waals surface area contributed by atoms with Crippen LogP contribution in [-0.2, 0) is 0 Å². The van der Waals surface area contributed by atoms with E-state index in [1.165, 1.54) is 48.9 Å². The number of benzene rings is 1. The van der Waals surface area contributed by atoms with Crippen molar-refractivity contribution in [3.63, 3.8) is 0 Å². The second kappa shape index (κ2) is 7.96. The Kier molecular flexibility index (Phi) is 6.25. The fourth-order valence-electron chi connectivity index (χ4n) is 3.28. The fraction of sp³-hybridized carbons (Fsp3) is 0.632. The molecule has 1 aromatic carbocycles. The average molecular weight is 319 g/mol. The van der Waals surface area contributed by atoms with Gasteiger partial charge >= 0.3 is 0 Å². The molecule has 0 unspecified atom stereocenters. The summed E-state index contributed by atoms with van der Waals surface area (Å²) in [5, 5.41) is 7.81. The third kappa shape index (κ3) is 4.45. The summed E-state index contributed by atoms with van der Waals surface area (Å²) in [4.78, 5) is 0. The Bertz CT molecular complexity index is 476. The normalized spacial score (nSPS) is 16.1. The van der Waals surface area contributed by atoms with Crippen LogP contribution in [0.2, 0.25) is 0 Å².